The van der Waals surface area contributed by atoms with Crippen molar-refractivity contribution in [3.05, 3.63) is 62.8 Å². The Morgan fingerprint density at radius 2 is 2.05 bits per heavy atom. The van der Waals surface area contributed by atoms with E-state index < -0.39 is 17.2 Å². The van der Waals surface area contributed by atoms with E-state index >= 15 is 0 Å². The highest BCUT2D eigenvalue weighted by Gasteiger charge is 2.15. The summed E-state index contributed by atoms with van der Waals surface area (Å²) in [6, 6.07) is 5.88. The smallest absolute Gasteiger partial charge is 0.343 e. The second-order valence-electron chi connectivity index (χ2n) is 4.39. The van der Waals surface area contributed by atoms with E-state index in [9.17, 15) is 14.0 Å². The minimum absolute atomic E-state index is 0.0375. The molecule has 0 amide bonds. The first-order valence-electron chi connectivity index (χ1n) is 6.43. The monoisotopic (exact) mass is 325 g/mol. The average molecular weight is 326 g/mol. The molecule has 0 atom stereocenters. The van der Waals surface area contributed by atoms with Gasteiger partial charge in [-0.05, 0) is 19.1 Å². The van der Waals surface area contributed by atoms with Crippen LogP contribution in [0.15, 0.2) is 35.3 Å². The number of halogens is 2. The highest BCUT2D eigenvalue weighted by molar-refractivity contribution is 6.31. The molecule has 5 nitrogen and oxygen atoms in total. The molecule has 2 aromatic rings. The van der Waals surface area contributed by atoms with Crippen LogP contribution in [-0.2, 0) is 4.74 Å². The topological polar surface area (TPSA) is 68.4 Å². The number of carbonyl (C=O) groups excluding carboxylic acids is 1. The predicted molar refractivity (Wildman–Crippen MR) is 79.0 cm³/mol. The van der Waals surface area contributed by atoms with Crippen LogP contribution in [-0.4, -0.2) is 24.2 Å². The van der Waals surface area contributed by atoms with Crippen molar-refractivity contribution in [1.29, 1.82) is 0 Å². The lowest BCUT2D eigenvalue weighted by molar-refractivity contribution is 0.0446. The number of aromatic amines is 1. The Kier molecular flexibility index (Phi) is 5.16. The Morgan fingerprint density at radius 1 is 1.32 bits per heavy atom. The number of hydrogen-bond donors (Lipinski definition) is 1. The van der Waals surface area contributed by atoms with Gasteiger partial charge in [-0.2, -0.15) is 0 Å². The largest absolute Gasteiger partial charge is 0.487 e. The molecule has 2 rings (SSSR count). The molecule has 116 valence electrons. The molecule has 0 bridgehead atoms. The minimum atomic E-state index is -0.819. The molecule has 0 aliphatic heterocycles. The molecule has 0 radical (unpaired) electrons. The maximum absolute atomic E-state index is 13.3. The normalized spacial score (nSPS) is 10.3. The fourth-order valence-corrected chi connectivity index (χ4v) is 1.83. The first-order chi connectivity index (χ1) is 10.5. The zero-order valence-corrected chi connectivity index (χ0v) is 12.4. The van der Waals surface area contributed by atoms with Crippen LogP contribution in [0, 0.1) is 12.7 Å². The first kappa shape index (κ1) is 16.0. The quantitative estimate of drug-likeness (QED) is 0.678. The van der Waals surface area contributed by atoms with Crippen molar-refractivity contribution < 1.29 is 18.7 Å². The summed E-state index contributed by atoms with van der Waals surface area (Å²) in [4.78, 5) is 26.3. The second-order valence-corrected chi connectivity index (χ2v) is 4.76. The first-order valence-corrected chi connectivity index (χ1v) is 6.80. The molecule has 0 saturated carbocycles. The van der Waals surface area contributed by atoms with Gasteiger partial charge in [0.2, 0.25) is 5.43 Å². The zero-order valence-electron chi connectivity index (χ0n) is 11.7. The molecule has 0 aliphatic rings. The van der Waals surface area contributed by atoms with Crippen molar-refractivity contribution in [3.63, 3.8) is 0 Å². The van der Waals surface area contributed by atoms with E-state index in [1.54, 1.807) is 13.0 Å². The summed E-state index contributed by atoms with van der Waals surface area (Å²) in [6.07, 6.45) is 1.24. The molecule has 1 aromatic carbocycles. The summed E-state index contributed by atoms with van der Waals surface area (Å²) in [5.74, 6) is -1.26. The zero-order chi connectivity index (χ0) is 16.1. The number of H-pyrrole nitrogens is 1. The molecule has 0 unspecified atom stereocenters. The van der Waals surface area contributed by atoms with Crippen LogP contribution in [0.4, 0.5) is 4.39 Å². The van der Waals surface area contributed by atoms with Gasteiger partial charge in [0, 0.05) is 11.9 Å². The molecule has 0 saturated heterocycles. The van der Waals surface area contributed by atoms with E-state index in [1.165, 1.54) is 24.4 Å². The van der Waals surface area contributed by atoms with Crippen molar-refractivity contribution in [2.45, 2.75) is 6.92 Å². The van der Waals surface area contributed by atoms with Gasteiger partial charge in [0.15, 0.2) is 11.6 Å². The van der Waals surface area contributed by atoms with Gasteiger partial charge in [-0.3, -0.25) is 4.79 Å². The highest BCUT2D eigenvalue weighted by atomic mass is 35.5. The van der Waals surface area contributed by atoms with E-state index in [0.717, 1.165) is 0 Å². The summed E-state index contributed by atoms with van der Waals surface area (Å²) in [6.45, 7) is 1.45. The second kappa shape index (κ2) is 7.09. The number of esters is 1. The maximum Gasteiger partial charge on any atom is 0.343 e. The number of aryl methyl sites for hydroxylation is 1. The van der Waals surface area contributed by atoms with E-state index in [-0.39, 0.29) is 29.5 Å². The van der Waals surface area contributed by atoms with Crippen molar-refractivity contribution in [1.82, 2.24) is 4.98 Å². The number of carbonyl (C=O) groups is 1. The van der Waals surface area contributed by atoms with Crippen LogP contribution in [0.3, 0.4) is 0 Å². The molecule has 22 heavy (non-hydrogen) atoms. The maximum atomic E-state index is 13.3. The SMILES string of the molecule is Cc1[nH]cc(C(=O)OCCOc2ccccc2F)c(=O)c1Cl. The van der Waals surface area contributed by atoms with Crippen molar-refractivity contribution >= 4 is 17.6 Å². The van der Waals surface area contributed by atoms with Crippen molar-refractivity contribution in [2.24, 2.45) is 0 Å². The third-order valence-corrected chi connectivity index (χ3v) is 3.29. The fraction of sp³-hybridized carbons (Fsp3) is 0.200. The lowest BCUT2D eigenvalue weighted by atomic mass is 10.2. The van der Waals surface area contributed by atoms with E-state index in [0.29, 0.717) is 5.69 Å². The van der Waals surface area contributed by atoms with Crippen molar-refractivity contribution in [3.8, 4) is 5.75 Å². The lowest BCUT2D eigenvalue weighted by Gasteiger charge is -2.08. The highest BCUT2D eigenvalue weighted by Crippen LogP contribution is 2.15. The fourth-order valence-electron chi connectivity index (χ4n) is 1.68. The standard InChI is InChI=1S/C15H13ClFNO4/c1-9-13(16)14(19)10(8-18-9)15(20)22-7-6-21-12-5-3-2-4-11(12)17/h2-5,8H,6-7H2,1H3,(H,18,19). The summed E-state index contributed by atoms with van der Waals surface area (Å²) in [7, 11) is 0. The third-order valence-electron chi connectivity index (χ3n) is 2.84. The molecule has 1 aromatic heterocycles. The number of para-hydroxylation sites is 1. The van der Waals surface area contributed by atoms with Gasteiger partial charge in [-0.1, -0.05) is 23.7 Å². The molecule has 1 N–H and O–H groups in total. The Bertz CT molecular complexity index is 745. The van der Waals surface area contributed by atoms with Crippen LogP contribution in [0.1, 0.15) is 16.1 Å². The molecule has 0 fully saturated rings. The lowest BCUT2D eigenvalue weighted by Crippen LogP contribution is -2.21. The van der Waals surface area contributed by atoms with E-state index in [1.807, 2.05) is 0 Å². The van der Waals surface area contributed by atoms with Gasteiger partial charge in [0.1, 0.15) is 23.8 Å². The molecule has 7 heteroatoms. The Morgan fingerprint density at radius 3 is 2.77 bits per heavy atom. The van der Waals surface area contributed by atoms with Crippen LogP contribution >= 0.6 is 11.6 Å². The molecule has 0 aliphatic carbocycles. The summed E-state index contributed by atoms with van der Waals surface area (Å²) in [5, 5.41) is -0.0583. The van der Waals surface area contributed by atoms with Crippen LogP contribution in [0.25, 0.3) is 0 Å². The summed E-state index contributed by atoms with van der Waals surface area (Å²) < 4.78 is 23.3. The van der Waals surface area contributed by atoms with Crippen molar-refractivity contribution in [2.75, 3.05) is 13.2 Å². The van der Waals surface area contributed by atoms with E-state index in [2.05, 4.69) is 4.98 Å². The van der Waals surface area contributed by atoms with Gasteiger partial charge in [0.05, 0.1) is 0 Å². The van der Waals surface area contributed by atoms with Gasteiger partial charge in [0.25, 0.3) is 0 Å². The molecular weight excluding hydrogens is 313 g/mol. The summed E-state index contributed by atoms with van der Waals surface area (Å²) >= 11 is 5.77. The average Bonchev–Trinajstić information content (AvgIpc) is 2.50. The van der Waals surface area contributed by atoms with Gasteiger partial charge < -0.3 is 14.5 Å². The van der Waals surface area contributed by atoms with Gasteiger partial charge in [-0.25, -0.2) is 9.18 Å². The minimum Gasteiger partial charge on any atom is -0.487 e. The van der Waals surface area contributed by atoms with Crippen LogP contribution in [0.2, 0.25) is 5.02 Å². The number of rotatable bonds is 5. The third kappa shape index (κ3) is 3.65. The number of nitrogens with one attached hydrogen (secondary N) is 1. The van der Waals surface area contributed by atoms with Gasteiger partial charge in [-0.15, -0.1) is 0 Å². The van der Waals surface area contributed by atoms with Gasteiger partial charge >= 0.3 is 5.97 Å². The number of aromatic nitrogens is 1. The molecular formula is C15H13ClFNO4. The number of hydrogen-bond acceptors (Lipinski definition) is 4. The van der Waals surface area contributed by atoms with E-state index in [4.69, 9.17) is 21.1 Å². The Hall–Kier alpha value is -2.34. The number of benzene rings is 1. The Labute approximate surface area is 130 Å². The molecule has 1 heterocycles. The van der Waals surface area contributed by atoms with Crippen LogP contribution < -0.4 is 10.2 Å². The number of pyridine rings is 1. The summed E-state index contributed by atoms with van der Waals surface area (Å²) in [5.41, 5.74) is -0.328. The predicted octanol–water partition coefficient (Wildman–Crippen LogP) is 2.71. The molecule has 0 spiro atoms. The number of ether oxygens (including phenoxy) is 2. The van der Waals surface area contributed by atoms with Crippen LogP contribution in [0.5, 0.6) is 5.75 Å². The Balaban J connectivity index is 1.90.